The Morgan fingerprint density at radius 1 is 1.12 bits per heavy atom. The first kappa shape index (κ1) is 38.0. The highest BCUT2D eigenvalue weighted by Crippen LogP contribution is 2.53. The summed E-state index contributed by atoms with van der Waals surface area (Å²) in [7, 11) is -3.59. The molecule has 5 atom stereocenters. The predicted molar refractivity (Wildman–Crippen MR) is 183 cm³/mol. The molecule has 0 aromatic heterocycles. The number of likely N-dealkylation sites (tertiary alicyclic amines) is 1. The van der Waals surface area contributed by atoms with E-state index in [0.717, 1.165) is 12.0 Å². The molecule has 280 valence electrons. The molecule has 2 saturated carbocycles. The first-order chi connectivity index (χ1) is 24.3. The van der Waals surface area contributed by atoms with Crippen molar-refractivity contribution >= 4 is 39.9 Å². The van der Waals surface area contributed by atoms with Crippen molar-refractivity contribution < 1.29 is 46.3 Å². The van der Waals surface area contributed by atoms with Crippen molar-refractivity contribution in [2.75, 3.05) is 26.4 Å². The highest BCUT2D eigenvalue weighted by molar-refractivity contribution is 7.90. The fraction of sp³-hybridized carbons (Fsp3) is 0.629. The zero-order valence-electron chi connectivity index (χ0n) is 28.9. The van der Waals surface area contributed by atoms with Gasteiger partial charge in [-0.2, -0.15) is 0 Å². The van der Waals surface area contributed by atoms with Gasteiger partial charge in [-0.15, -0.1) is 0 Å². The molecule has 51 heavy (non-hydrogen) atoms. The number of fused-ring (bicyclic) bond motifs is 1. The minimum absolute atomic E-state index is 0.0145. The molecule has 16 heteroatoms. The Morgan fingerprint density at radius 2 is 1.86 bits per heavy atom. The molecule has 1 aromatic carbocycles. The number of nitrogens with zero attached hydrogens (tertiary/aromatic N) is 2. The molecule has 5 rings (SSSR count). The number of hydrogen-bond donors (Lipinski definition) is 3. The van der Waals surface area contributed by atoms with Gasteiger partial charge >= 0.3 is 12.2 Å². The van der Waals surface area contributed by atoms with Crippen molar-refractivity contribution in [2.24, 2.45) is 17.1 Å². The van der Waals surface area contributed by atoms with Gasteiger partial charge in [0, 0.05) is 19.5 Å². The number of hydrogen-bond acceptors (Lipinski definition) is 9. The van der Waals surface area contributed by atoms with Gasteiger partial charge in [0.1, 0.15) is 31.5 Å². The van der Waals surface area contributed by atoms with E-state index in [2.05, 4.69) is 10.0 Å². The molecular formula is C35H48FN5O9S. The molecule has 0 spiro atoms. The van der Waals surface area contributed by atoms with E-state index >= 15 is 0 Å². The van der Waals surface area contributed by atoms with E-state index in [4.69, 9.17) is 15.2 Å². The molecule has 14 nitrogen and oxygen atoms in total. The number of nitrogens with two attached hydrogens (primary N) is 1. The molecule has 3 fully saturated rings. The van der Waals surface area contributed by atoms with Crippen molar-refractivity contribution in [3.63, 3.8) is 0 Å². The monoisotopic (exact) mass is 733 g/mol. The largest absolute Gasteiger partial charge is 0.447 e. The Kier molecular flexibility index (Phi) is 12.2. The highest BCUT2D eigenvalue weighted by Gasteiger charge is 2.56. The molecule has 2 unspecified atom stereocenters. The summed E-state index contributed by atoms with van der Waals surface area (Å²) in [5.41, 5.74) is 7.10. The summed E-state index contributed by atoms with van der Waals surface area (Å²) in [4.78, 5) is 67.0. The van der Waals surface area contributed by atoms with Crippen LogP contribution in [-0.2, 0) is 46.8 Å². The van der Waals surface area contributed by atoms with E-state index in [1.807, 2.05) is 36.4 Å². The summed E-state index contributed by atoms with van der Waals surface area (Å²) in [5, 5.41) is 2.03. The third kappa shape index (κ3) is 9.77. The number of amides is 5. The molecular weight excluding hydrogens is 685 g/mol. The smallest absolute Gasteiger partial charge is 0.410 e. The number of alkyl halides is 1. The zero-order chi connectivity index (χ0) is 36.8. The quantitative estimate of drug-likeness (QED) is 0.169. The van der Waals surface area contributed by atoms with Crippen molar-refractivity contribution in [2.45, 2.75) is 101 Å². The molecule has 2 aliphatic heterocycles. The lowest BCUT2D eigenvalue weighted by atomic mass is 10.0. The second-order valence-electron chi connectivity index (χ2n) is 14.1. The first-order valence-corrected chi connectivity index (χ1v) is 19.2. The Balaban J connectivity index is 1.10. The summed E-state index contributed by atoms with van der Waals surface area (Å²) >= 11 is 0. The van der Waals surface area contributed by atoms with Crippen LogP contribution in [0.3, 0.4) is 0 Å². The number of ether oxygens (including phenoxy) is 2. The maximum atomic E-state index is 13.8. The Morgan fingerprint density at radius 3 is 2.57 bits per heavy atom. The van der Waals surface area contributed by atoms with Crippen LogP contribution in [-0.4, -0.2) is 97.9 Å². The normalized spacial score (nSPS) is 24.8. The van der Waals surface area contributed by atoms with Gasteiger partial charge in [-0.3, -0.25) is 19.1 Å². The lowest BCUT2D eigenvalue weighted by molar-refractivity contribution is -0.139. The number of rotatable bonds is 16. The average molecular weight is 734 g/mol. The second-order valence-corrected chi connectivity index (χ2v) is 16.0. The van der Waals surface area contributed by atoms with Gasteiger partial charge in [0.05, 0.1) is 17.2 Å². The molecule has 5 amide bonds. The second kappa shape index (κ2) is 16.4. The fourth-order valence-electron chi connectivity index (χ4n) is 6.73. The molecule has 0 bridgehead atoms. The van der Waals surface area contributed by atoms with Gasteiger partial charge < -0.3 is 30.3 Å². The number of primary amides is 1. The number of benzene rings is 1. The standard InChI is InChI=1S/C35H48FN5O9S/c1-35(32(44)39-51(47,48)27-13-14-27)20-25(35)11-5-3-2-4-6-12-28(38-33(45)49-18-16-36)31(43)41-22-26(19-29(41)30(37)42)50-34(46)40-17-15-23-9-7-8-10-24(23)21-40/h5,7-11,25-29H,2-4,6,12-22H2,1H3,(H2,37,42)(H,38,45)(H,39,44)/b11-5-/t25-,26?,28+,29?,35+/m1/s1. The minimum atomic E-state index is -3.59. The van der Waals surface area contributed by atoms with E-state index in [-0.39, 0.29) is 25.3 Å². The number of carbonyl (C=O) groups is 5. The van der Waals surface area contributed by atoms with Crippen LogP contribution in [0.5, 0.6) is 0 Å². The fourth-order valence-corrected chi connectivity index (χ4v) is 8.15. The number of sulfonamides is 1. The van der Waals surface area contributed by atoms with Crippen LogP contribution in [0.1, 0.15) is 75.8 Å². The maximum Gasteiger partial charge on any atom is 0.410 e. The Bertz CT molecular complexity index is 1620. The molecule has 4 aliphatic rings. The molecule has 2 heterocycles. The average Bonchev–Trinajstić information content (AvgIpc) is 4.02. The molecule has 4 N–H and O–H groups in total. The van der Waals surface area contributed by atoms with Crippen LogP contribution in [0.25, 0.3) is 0 Å². The molecule has 0 radical (unpaired) electrons. The van der Waals surface area contributed by atoms with E-state index in [9.17, 15) is 36.8 Å². The molecule has 1 saturated heterocycles. The lowest BCUT2D eigenvalue weighted by Crippen LogP contribution is -2.53. The van der Waals surface area contributed by atoms with Gasteiger partial charge in [-0.1, -0.05) is 56.2 Å². The van der Waals surface area contributed by atoms with Crippen molar-refractivity contribution in [3.8, 4) is 0 Å². The number of alkyl carbamates (subject to hydrolysis) is 1. The summed E-state index contributed by atoms with van der Waals surface area (Å²) in [6.45, 7) is 1.15. The van der Waals surface area contributed by atoms with Crippen LogP contribution in [0, 0.1) is 11.3 Å². The van der Waals surface area contributed by atoms with Crippen LogP contribution < -0.4 is 15.8 Å². The van der Waals surface area contributed by atoms with Gasteiger partial charge in [0.15, 0.2) is 0 Å². The molecule has 1 aromatic rings. The third-order valence-electron chi connectivity index (χ3n) is 10.2. The van der Waals surface area contributed by atoms with E-state index < -0.39 is 82.1 Å². The van der Waals surface area contributed by atoms with Crippen molar-refractivity contribution in [1.82, 2.24) is 19.8 Å². The maximum absolute atomic E-state index is 13.8. The summed E-state index contributed by atoms with van der Waals surface area (Å²) in [5.74, 6) is -1.87. The lowest BCUT2D eigenvalue weighted by Gasteiger charge is -2.29. The number of halogens is 1. The van der Waals surface area contributed by atoms with Crippen LogP contribution in [0.15, 0.2) is 36.4 Å². The first-order valence-electron chi connectivity index (χ1n) is 17.7. The van der Waals surface area contributed by atoms with E-state index in [0.29, 0.717) is 58.0 Å². The third-order valence-corrected chi connectivity index (χ3v) is 12.0. The van der Waals surface area contributed by atoms with Gasteiger partial charge in [0.25, 0.3) is 0 Å². The predicted octanol–water partition coefficient (Wildman–Crippen LogP) is 2.84. The number of unbranched alkanes of at least 4 members (excludes halogenated alkanes) is 3. The topological polar surface area (TPSA) is 195 Å². The minimum Gasteiger partial charge on any atom is -0.447 e. The Labute approximate surface area is 297 Å². The SMILES string of the molecule is C[C@]1(C(=O)NS(=O)(=O)C2CC2)C[C@H]1/C=C\CCCCC[C@H](NC(=O)OCCF)C(=O)N1CC(OC(=O)N2CCc3ccccc3C2)CC1C(N)=O. The number of carbonyl (C=O) groups excluding carboxylic acids is 5. The van der Waals surface area contributed by atoms with Crippen molar-refractivity contribution in [3.05, 3.63) is 47.5 Å². The number of allylic oxidation sites excluding steroid dienone is 2. The zero-order valence-corrected chi connectivity index (χ0v) is 29.7. The summed E-state index contributed by atoms with van der Waals surface area (Å²) < 4.78 is 49.7. The van der Waals surface area contributed by atoms with E-state index in [1.165, 1.54) is 10.5 Å². The van der Waals surface area contributed by atoms with E-state index in [1.54, 1.807) is 11.8 Å². The summed E-state index contributed by atoms with van der Waals surface area (Å²) in [6.07, 6.45) is 6.81. The number of nitrogens with one attached hydrogen (secondary N) is 2. The van der Waals surface area contributed by atoms with Gasteiger partial charge in [-0.05, 0) is 62.0 Å². The Hall–Kier alpha value is -4.21. The van der Waals surface area contributed by atoms with Crippen LogP contribution in [0.2, 0.25) is 0 Å². The van der Waals surface area contributed by atoms with Gasteiger partial charge in [-0.25, -0.2) is 22.4 Å². The van der Waals surface area contributed by atoms with Crippen LogP contribution >= 0.6 is 0 Å². The highest BCUT2D eigenvalue weighted by atomic mass is 32.2. The van der Waals surface area contributed by atoms with Crippen molar-refractivity contribution in [1.29, 1.82) is 0 Å². The van der Waals surface area contributed by atoms with Gasteiger partial charge in [0.2, 0.25) is 27.7 Å². The summed E-state index contributed by atoms with van der Waals surface area (Å²) in [6, 6.07) is 5.68. The molecule has 2 aliphatic carbocycles. The van der Waals surface area contributed by atoms with Crippen LogP contribution in [0.4, 0.5) is 14.0 Å².